The maximum atomic E-state index is 11.8. The van der Waals surface area contributed by atoms with E-state index in [0.717, 1.165) is 11.3 Å². The lowest BCUT2D eigenvalue weighted by Gasteiger charge is -2.05. The number of rotatable bonds is 4. The standard InChI is InChI=1S/C13H17N5O/c1-9-3-5-11(6-4-9)15-13(19)8-18-7-12(10(2)14)16-17-18/h3-7,10H,8,14H2,1-2H3,(H,15,19). The summed E-state index contributed by atoms with van der Waals surface area (Å²) in [7, 11) is 0. The van der Waals surface area contributed by atoms with Crippen LogP contribution in [0.2, 0.25) is 0 Å². The van der Waals surface area contributed by atoms with Gasteiger partial charge in [-0.1, -0.05) is 22.9 Å². The molecule has 2 rings (SSSR count). The van der Waals surface area contributed by atoms with Crippen molar-refractivity contribution in [3.63, 3.8) is 0 Å². The van der Waals surface area contributed by atoms with E-state index in [4.69, 9.17) is 5.73 Å². The lowest BCUT2D eigenvalue weighted by atomic mass is 10.2. The van der Waals surface area contributed by atoms with Crippen molar-refractivity contribution in [1.29, 1.82) is 0 Å². The van der Waals surface area contributed by atoms with Gasteiger partial charge >= 0.3 is 0 Å². The largest absolute Gasteiger partial charge is 0.324 e. The quantitative estimate of drug-likeness (QED) is 0.865. The number of anilines is 1. The van der Waals surface area contributed by atoms with Gasteiger partial charge in [0, 0.05) is 11.7 Å². The van der Waals surface area contributed by atoms with E-state index < -0.39 is 0 Å². The summed E-state index contributed by atoms with van der Waals surface area (Å²) in [6, 6.07) is 7.43. The molecule has 19 heavy (non-hydrogen) atoms. The van der Waals surface area contributed by atoms with E-state index in [-0.39, 0.29) is 18.5 Å². The van der Waals surface area contributed by atoms with Crippen molar-refractivity contribution in [3.8, 4) is 0 Å². The van der Waals surface area contributed by atoms with Crippen molar-refractivity contribution in [2.75, 3.05) is 5.32 Å². The van der Waals surface area contributed by atoms with Crippen LogP contribution in [0.15, 0.2) is 30.5 Å². The third-order valence-corrected chi connectivity index (χ3v) is 2.66. The van der Waals surface area contributed by atoms with Gasteiger partial charge in [0.1, 0.15) is 6.54 Å². The maximum Gasteiger partial charge on any atom is 0.246 e. The van der Waals surface area contributed by atoms with Crippen LogP contribution in [0.1, 0.15) is 24.2 Å². The first-order chi connectivity index (χ1) is 9.04. The number of carbonyl (C=O) groups excluding carboxylic acids is 1. The molecule has 1 amide bonds. The molecule has 0 radical (unpaired) electrons. The van der Waals surface area contributed by atoms with E-state index >= 15 is 0 Å². The average Bonchev–Trinajstić information content (AvgIpc) is 2.80. The lowest BCUT2D eigenvalue weighted by Crippen LogP contribution is -2.19. The number of carbonyl (C=O) groups is 1. The molecule has 1 aromatic carbocycles. The molecule has 100 valence electrons. The summed E-state index contributed by atoms with van der Waals surface area (Å²) in [5.41, 5.74) is 8.26. The molecule has 1 atom stereocenters. The molecule has 0 aliphatic rings. The molecule has 0 aliphatic carbocycles. The van der Waals surface area contributed by atoms with Crippen LogP contribution < -0.4 is 11.1 Å². The van der Waals surface area contributed by atoms with Gasteiger partial charge in [-0.05, 0) is 26.0 Å². The van der Waals surface area contributed by atoms with Crippen LogP contribution in [0.3, 0.4) is 0 Å². The summed E-state index contributed by atoms with van der Waals surface area (Å²) in [5.74, 6) is -0.148. The van der Waals surface area contributed by atoms with Crippen molar-refractivity contribution in [2.24, 2.45) is 5.73 Å². The third-order valence-electron chi connectivity index (χ3n) is 2.66. The van der Waals surface area contributed by atoms with Crippen molar-refractivity contribution >= 4 is 11.6 Å². The Labute approximate surface area is 111 Å². The van der Waals surface area contributed by atoms with E-state index in [2.05, 4.69) is 15.6 Å². The van der Waals surface area contributed by atoms with E-state index in [1.165, 1.54) is 4.68 Å². The molecule has 0 fully saturated rings. The zero-order valence-electron chi connectivity index (χ0n) is 11.0. The topological polar surface area (TPSA) is 85.8 Å². The first kappa shape index (κ1) is 13.2. The molecule has 1 unspecified atom stereocenters. The number of nitrogens with zero attached hydrogens (tertiary/aromatic N) is 3. The Hall–Kier alpha value is -2.21. The lowest BCUT2D eigenvalue weighted by molar-refractivity contribution is -0.116. The Kier molecular flexibility index (Phi) is 3.91. The monoisotopic (exact) mass is 259 g/mol. The van der Waals surface area contributed by atoms with Crippen LogP contribution in [0.5, 0.6) is 0 Å². The number of nitrogens with one attached hydrogen (secondary N) is 1. The summed E-state index contributed by atoms with van der Waals surface area (Å²) in [6.07, 6.45) is 1.68. The van der Waals surface area contributed by atoms with Gasteiger partial charge in [-0.2, -0.15) is 0 Å². The van der Waals surface area contributed by atoms with Gasteiger partial charge in [0.15, 0.2) is 0 Å². The molecular formula is C13H17N5O. The summed E-state index contributed by atoms with van der Waals surface area (Å²) < 4.78 is 1.47. The van der Waals surface area contributed by atoms with Crippen molar-refractivity contribution < 1.29 is 4.79 Å². The minimum absolute atomic E-state index is 0.119. The summed E-state index contributed by atoms with van der Waals surface area (Å²) in [6.45, 7) is 3.94. The average molecular weight is 259 g/mol. The number of nitrogens with two attached hydrogens (primary N) is 1. The fourth-order valence-corrected chi connectivity index (χ4v) is 1.58. The number of benzene rings is 1. The van der Waals surface area contributed by atoms with Crippen LogP contribution in [-0.2, 0) is 11.3 Å². The molecule has 0 saturated carbocycles. The van der Waals surface area contributed by atoms with Crippen molar-refractivity contribution in [3.05, 3.63) is 41.7 Å². The second-order valence-corrected chi connectivity index (χ2v) is 4.54. The highest BCUT2D eigenvalue weighted by atomic mass is 16.2. The first-order valence-corrected chi connectivity index (χ1v) is 6.07. The predicted molar refractivity (Wildman–Crippen MR) is 72.4 cm³/mol. The minimum atomic E-state index is -0.186. The Morgan fingerprint density at radius 1 is 1.42 bits per heavy atom. The van der Waals surface area contributed by atoms with Gasteiger partial charge in [0.25, 0.3) is 0 Å². The number of hydrogen-bond acceptors (Lipinski definition) is 4. The van der Waals surface area contributed by atoms with E-state index in [1.54, 1.807) is 6.20 Å². The van der Waals surface area contributed by atoms with E-state index in [0.29, 0.717) is 5.69 Å². The highest BCUT2D eigenvalue weighted by Crippen LogP contribution is 2.09. The molecule has 6 nitrogen and oxygen atoms in total. The summed E-state index contributed by atoms with van der Waals surface area (Å²) >= 11 is 0. The Balaban J connectivity index is 1.95. The Morgan fingerprint density at radius 3 is 2.68 bits per heavy atom. The van der Waals surface area contributed by atoms with Gasteiger partial charge in [-0.3, -0.25) is 4.79 Å². The Bertz CT molecular complexity index is 559. The van der Waals surface area contributed by atoms with Crippen LogP contribution in [0, 0.1) is 6.92 Å². The zero-order chi connectivity index (χ0) is 13.8. The molecule has 0 aliphatic heterocycles. The molecular weight excluding hydrogens is 242 g/mol. The second-order valence-electron chi connectivity index (χ2n) is 4.54. The fraction of sp³-hybridized carbons (Fsp3) is 0.308. The normalized spacial score (nSPS) is 12.2. The number of aryl methyl sites for hydroxylation is 1. The predicted octanol–water partition coefficient (Wildman–Crippen LogP) is 1.24. The van der Waals surface area contributed by atoms with E-state index in [9.17, 15) is 4.79 Å². The summed E-state index contributed by atoms with van der Waals surface area (Å²) in [4.78, 5) is 11.8. The van der Waals surface area contributed by atoms with Crippen LogP contribution in [-0.4, -0.2) is 20.9 Å². The SMILES string of the molecule is Cc1ccc(NC(=O)Cn2cc(C(C)N)nn2)cc1. The molecule has 1 aromatic heterocycles. The van der Waals surface area contributed by atoms with Gasteiger partial charge < -0.3 is 11.1 Å². The molecule has 0 saturated heterocycles. The first-order valence-electron chi connectivity index (χ1n) is 6.07. The van der Waals surface area contributed by atoms with E-state index in [1.807, 2.05) is 38.1 Å². The molecule has 2 aromatic rings. The van der Waals surface area contributed by atoms with Gasteiger partial charge in [0.05, 0.1) is 11.9 Å². The van der Waals surface area contributed by atoms with Crippen LogP contribution in [0.25, 0.3) is 0 Å². The van der Waals surface area contributed by atoms with Crippen molar-refractivity contribution in [2.45, 2.75) is 26.4 Å². The number of hydrogen-bond donors (Lipinski definition) is 2. The molecule has 3 N–H and O–H groups in total. The van der Waals surface area contributed by atoms with Gasteiger partial charge in [0.2, 0.25) is 5.91 Å². The van der Waals surface area contributed by atoms with Crippen LogP contribution in [0.4, 0.5) is 5.69 Å². The fourth-order valence-electron chi connectivity index (χ4n) is 1.58. The van der Waals surface area contributed by atoms with Crippen molar-refractivity contribution in [1.82, 2.24) is 15.0 Å². The highest BCUT2D eigenvalue weighted by Gasteiger charge is 2.08. The summed E-state index contributed by atoms with van der Waals surface area (Å²) in [5, 5.41) is 10.6. The minimum Gasteiger partial charge on any atom is -0.324 e. The van der Waals surface area contributed by atoms with Gasteiger partial charge in [-0.25, -0.2) is 4.68 Å². The number of amides is 1. The number of aromatic nitrogens is 3. The third kappa shape index (κ3) is 3.62. The molecule has 0 bridgehead atoms. The molecule has 6 heteroatoms. The smallest absolute Gasteiger partial charge is 0.246 e. The van der Waals surface area contributed by atoms with Gasteiger partial charge in [-0.15, -0.1) is 5.10 Å². The molecule has 1 heterocycles. The maximum absolute atomic E-state index is 11.8. The Morgan fingerprint density at radius 2 is 2.11 bits per heavy atom. The highest BCUT2D eigenvalue weighted by molar-refractivity contribution is 5.90. The van der Waals surface area contributed by atoms with Crippen LogP contribution >= 0.6 is 0 Å². The molecule has 0 spiro atoms. The zero-order valence-corrected chi connectivity index (χ0v) is 11.0. The second kappa shape index (κ2) is 5.62.